The van der Waals surface area contributed by atoms with Crippen LogP contribution in [0.25, 0.3) is 0 Å². The van der Waals surface area contributed by atoms with E-state index in [9.17, 15) is 4.79 Å². The maximum absolute atomic E-state index is 11.9. The van der Waals surface area contributed by atoms with Crippen LogP contribution in [-0.4, -0.2) is 33.8 Å². The summed E-state index contributed by atoms with van der Waals surface area (Å²) in [4.78, 5) is 16.2. The van der Waals surface area contributed by atoms with Crippen molar-refractivity contribution < 1.29 is 9.53 Å². The lowest BCUT2D eigenvalue weighted by Crippen LogP contribution is -2.13. The molecule has 0 saturated heterocycles. The maximum Gasteiger partial charge on any atom is 0.340 e. The first-order valence-corrected chi connectivity index (χ1v) is 7.09. The van der Waals surface area contributed by atoms with Crippen LogP contribution in [0, 0.1) is 0 Å². The lowest BCUT2D eigenvalue weighted by atomic mass is 10.2. The number of ether oxygens (including phenoxy) is 1. The third kappa shape index (κ3) is 4.15. The maximum atomic E-state index is 11.9. The Balaban J connectivity index is 2.22. The van der Waals surface area contributed by atoms with Crippen molar-refractivity contribution in [2.75, 3.05) is 17.2 Å². The number of hydrogen-bond acceptors (Lipinski definition) is 7. The van der Waals surface area contributed by atoms with E-state index < -0.39 is 5.97 Å². The number of benzene rings is 1. The van der Waals surface area contributed by atoms with Crippen molar-refractivity contribution in [1.82, 2.24) is 15.2 Å². The van der Waals surface area contributed by atoms with Crippen LogP contribution in [0.1, 0.15) is 31.1 Å². The van der Waals surface area contributed by atoms with E-state index in [2.05, 4.69) is 25.8 Å². The van der Waals surface area contributed by atoms with Gasteiger partial charge in [-0.2, -0.15) is 10.1 Å². The average molecular weight is 301 g/mol. The molecule has 0 bridgehead atoms. The van der Waals surface area contributed by atoms with Crippen LogP contribution in [-0.2, 0) is 4.74 Å². The Morgan fingerprint density at radius 1 is 1.32 bits per heavy atom. The minimum absolute atomic E-state index is 0.233. The number of esters is 1. The predicted octanol–water partition coefficient (Wildman–Crippen LogP) is 2.61. The van der Waals surface area contributed by atoms with Gasteiger partial charge in [0.2, 0.25) is 5.95 Å². The summed E-state index contributed by atoms with van der Waals surface area (Å²) in [6.07, 6.45) is 1.54. The van der Waals surface area contributed by atoms with Crippen LogP contribution in [0.5, 0.6) is 0 Å². The summed E-state index contributed by atoms with van der Waals surface area (Å²) in [6, 6.07) is 7.26. The average Bonchev–Trinajstić information content (AvgIpc) is 2.47. The van der Waals surface area contributed by atoms with Crippen molar-refractivity contribution >= 4 is 23.4 Å². The van der Waals surface area contributed by atoms with E-state index in [1.807, 2.05) is 19.9 Å². The predicted molar refractivity (Wildman–Crippen MR) is 84.3 cm³/mol. The summed E-state index contributed by atoms with van der Waals surface area (Å²) < 4.78 is 5.03. The molecule has 0 fully saturated rings. The fourth-order valence-electron chi connectivity index (χ4n) is 1.82. The highest BCUT2D eigenvalue weighted by molar-refractivity contribution is 5.96. The molecule has 0 aliphatic heterocycles. The molecule has 1 aromatic heterocycles. The van der Waals surface area contributed by atoms with E-state index in [0.717, 1.165) is 0 Å². The van der Waals surface area contributed by atoms with Crippen LogP contribution in [0.15, 0.2) is 30.5 Å². The van der Waals surface area contributed by atoms with Crippen molar-refractivity contribution in [3.8, 4) is 0 Å². The number of carbonyl (C=O) groups excluding carboxylic acids is 1. The van der Waals surface area contributed by atoms with Crippen LogP contribution < -0.4 is 10.6 Å². The van der Waals surface area contributed by atoms with Gasteiger partial charge in [-0.1, -0.05) is 12.1 Å². The second kappa shape index (κ2) is 7.35. The quantitative estimate of drug-likeness (QED) is 0.793. The van der Waals surface area contributed by atoms with Gasteiger partial charge in [0.05, 0.1) is 24.1 Å². The highest BCUT2D eigenvalue weighted by Gasteiger charge is 2.13. The number of rotatable bonds is 6. The van der Waals surface area contributed by atoms with Crippen LogP contribution in [0.2, 0.25) is 0 Å². The summed E-state index contributed by atoms with van der Waals surface area (Å²) in [5.41, 5.74) is 1.000. The fraction of sp³-hybridized carbons (Fsp3) is 0.333. The Bertz CT molecular complexity index is 645. The lowest BCUT2D eigenvalue weighted by molar-refractivity contribution is 0.0527. The summed E-state index contributed by atoms with van der Waals surface area (Å²) in [7, 11) is 0. The molecule has 0 aliphatic rings. The molecule has 1 heterocycles. The zero-order chi connectivity index (χ0) is 15.9. The van der Waals surface area contributed by atoms with Crippen molar-refractivity contribution in [3.63, 3.8) is 0 Å². The molecule has 0 saturated carbocycles. The first-order valence-electron chi connectivity index (χ1n) is 7.09. The van der Waals surface area contributed by atoms with E-state index in [0.29, 0.717) is 29.6 Å². The molecule has 2 N–H and O–H groups in total. The van der Waals surface area contributed by atoms with E-state index >= 15 is 0 Å². The molecule has 7 nitrogen and oxygen atoms in total. The SMILES string of the molecule is CCOC(=O)c1ccccc1Nc1nncc(NC(C)C)n1. The number of nitrogens with one attached hydrogen (secondary N) is 2. The second-order valence-corrected chi connectivity index (χ2v) is 4.86. The van der Waals surface area contributed by atoms with Gasteiger partial charge in [0.15, 0.2) is 5.82 Å². The molecule has 0 unspecified atom stereocenters. The van der Waals surface area contributed by atoms with E-state index in [4.69, 9.17) is 4.74 Å². The third-order valence-corrected chi connectivity index (χ3v) is 2.66. The Kier molecular flexibility index (Phi) is 5.24. The van der Waals surface area contributed by atoms with Crippen molar-refractivity contribution in [2.24, 2.45) is 0 Å². The molecule has 116 valence electrons. The third-order valence-electron chi connectivity index (χ3n) is 2.66. The van der Waals surface area contributed by atoms with Crippen LogP contribution >= 0.6 is 0 Å². The van der Waals surface area contributed by atoms with Gasteiger partial charge < -0.3 is 15.4 Å². The zero-order valence-electron chi connectivity index (χ0n) is 12.8. The van der Waals surface area contributed by atoms with Crippen molar-refractivity contribution in [1.29, 1.82) is 0 Å². The molecular weight excluding hydrogens is 282 g/mol. The van der Waals surface area contributed by atoms with E-state index in [1.54, 1.807) is 31.3 Å². The molecule has 7 heteroatoms. The van der Waals surface area contributed by atoms with Gasteiger partial charge in [-0.3, -0.25) is 0 Å². The smallest absolute Gasteiger partial charge is 0.340 e. The van der Waals surface area contributed by atoms with Gasteiger partial charge in [0, 0.05) is 6.04 Å². The van der Waals surface area contributed by atoms with Crippen LogP contribution in [0.3, 0.4) is 0 Å². The molecular formula is C15H19N5O2. The topological polar surface area (TPSA) is 89.0 Å². The minimum atomic E-state index is -0.394. The molecule has 0 atom stereocenters. The lowest BCUT2D eigenvalue weighted by Gasteiger charge is -2.11. The highest BCUT2D eigenvalue weighted by Crippen LogP contribution is 2.19. The first-order chi connectivity index (χ1) is 10.6. The molecule has 1 aromatic carbocycles. The first kappa shape index (κ1) is 15.7. The molecule has 0 aliphatic carbocycles. The molecule has 0 amide bonds. The normalized spacial score (nSPS) is 10.4. The minimum Gasteiger partial charge on any atom is -0.462 e. The van der Waals surface area contributed by atoms with Gasteiger partial charge in [0.1, 0.15) is 0 Å². The summed E-state index contributed by atoms with van der Waals surface area (Å²) in [6.45, 7) is 6.09. The standard InChI is InChI=1S/C15H19N5O2/c1-4-22-14(21)11-7-5-6-8-12(11)18-15-19-13(9-16-20-15)17-10(2)3/h5-10H,4H2,1-3H3,(H2,17,18,19,20). The molecule has 22 heavy (non-hydrogen) atoms. The summed E-state index contributed by atoms with van der Waals surface area (Å²) in [5, 5.41) is 14.0. The largest absolute Gasteiger partial charge is 0.462 e. The Morgan fingerprint density at radius 3 is 2.82 bits per heavy atom. The Labute approximate surface area is 129 Å². The van der Waals surface area contributed by atoms with E-state index in [1.165, 1.54) is 0 Å². The van der Waals surface area contributed by atoms with Gasteiger partial charge >= 0.3 is 5.97 Å². The number of hydrogen-bond donors (Lipinski definition) is 2. The monoisotopic (exact) mass is 301 g/mol. The van der Waals surface area contributed by atoms with Gasteiger partial charge in [-0.25, -0.2) is 4.79 Å². The Morgan fingerprint density at radius 2 is 2.09 bits per heavy atom. The highest BCUT2D eigenvalue weighted by atomic mass is 16.5. The molecule has 0 spiro atoms. The van der Waals surface area contributed by atoms with Gasteiger partial charge in [-0.05, 0) is 32.9 Å². The Hall–Kier alpha value is -2.70. The van der Waals surface area contributed by atoms with Crippen molar-refractivity contribution in [3.05, 3.63) is 36.0 Å². The second-order valence-electron chi connectivity index (χ2n) is 4.86. The fourth-order valence-corrected chi connectivity index (χ4v) is 1.82. The number of aromatic nitrogens is 3. The molecule has 0 radical (unpaired) electrons. The number of para-hydroxylation sites is 1. The van der Waals surface area contributed by atoms with Crippen molar-refractivity contribution in [2.45, 2.75) is 26.8 Å². The van der Waals surface area contributed by atoms with E-state index in [-0.39, 0.29) is 6.04 Å². The molecule has 2 aromatic rings. The summed E-state index contributed by atoms with van der Waals surface area (Å²) >= 11 is 0. The van der Waals surface area contributed by atoms with Crippen LogP contribution in [0.4, 0.5) is 17.5 Å². The van der Waals surface area contributed by atoms with Gasteiger partial charge in [-0.15, -0.1) is 5.10 Å². The summed E-state index contributed by atoms with van der Waals surface area (Å²) in [5.74, 6) is 0.526. The molecule has 2 rings (SSSR count). The number of anilines is 3. The number of nitrogens with zero attached hydrogens (tertiary/aromatic N) is 3. The number of carbonyl (C=O) groups is 1. The zero-order valence-corrected chi connectivity index (χ0v) is 12.8. The van der Waals surface area contributed by atoms with Gasteiger partial charge in [0.25, 0.3) is 0 Å².